The normalized spacial score (nSPS) is 18.3. The quantitative estimate of drug-likeness (QED) is 0.701. The van der Waals surface area contributed by atoms with E-state index in [2.05, 4.69) is 29.8 Å². The van der Waals surface area contributed by atoms with E-state index in [-0.39, 0.29) is 81.1 Å². The summed E-state index contributed by atoms with van der Waals surface area (Å²) in [6.07, 6.45) is 0.299. The van der Waals surface area contributed by atoms with E-state index in [0.29, 0.717) is 12.5 Å². The first-order valence-electron chi connectivity index (χ1n) is 8.09. The van der Waals surface area contributed by atoms with Gasteiger partial charge in [0, 0.05) is 95.2 Å². The van der Waals surface area contributed by atoms with Crippen molar-refractivity contribution in [3.8, 4) is 5.88 Å². The molecule has 0 bridgehead atoms. The summed E-state index contributed by atoms with van der Waals surface area (Å²) >= 11 is 0. The van der Waals surface area contributed by atoms with E-state index >= 15 is 0 Å². The minimum Gasteiger partial charge on any atom is -0.475 e. The minimum absolute atomic E-state index is 0. The molecule has 1 aliphatic heterocycles. The van der Waals surface area contributed by atoms with E-state index in [1.54, 1.807) is 7.11 Å². The maximum absolute atomic E-state index is 5.70. The van der Waals surface area contributed by atoms with Crippen LogP contribution in [0.4, 0.5) is 5.82 Å². The third-order valence-electron chi connectivity index (χ3n) is 3.37. The Morgan fingerprint density at radius 3 is 2.70 bits per heavy atom. The molecule has 0 N–H and O–H groups in total. The van der Waals surface area contributed by atoms with Crippen molar-refractivity contribution in [3.63, 3.8) is 0 Å². The Morgan fingerprint density at radius 2 is 2.09 bits per heavy atom. The van der Waals surface area contributed by atoms with E-state index in [1.807, 2.05) is 26.8 Å². The largest absolute Gasteiger partial charge is 0.475 e. The molecule has 1 aromatic rings. The van der Waals surface area contributed by atoms with Crippen LogP contribution in [0, 0.1) is 6.92 Å². The van der Waals surface area contributed by atoms with E-state index in [0.717, 1.165) is 31.1 Å². The molecule has 2 rings (SSSR count). The van der Waals surface area contributed by atoms with Crippen molar-refractivity contribution in [2.45, 2.75) is 46.8 Å². The number of anilines is 1. The predicted molar refractivity (Wildman–Crippen MR) is 95.7 cm³/mol. The van der Waals surface area contributed by atoms with Gasteiger partial charge in [-0.3, -0.25) is 0 Å². The number of hydrogen-bond donors (Lipinski definition) is 0. The van der Waals surface area contributed by atoms with E-state index in [4.69, 9.17) is 14.2 Å². The summed E-state index contributed by atoms with van der Waals surface area (Å²) in [5, 5.41) is 0. The molecule has 1 aromatic heterocycles. The van der Waals surface area contributed by atoms with Crippen molar-refractivity contribution in [2.24, 2.45) is 0 Å². The number of methoxy groups -OCH3 is 1. The fourth-order valence-corrected chi connectivity index (χ4v) is 2.15. The molecule has 2 heterocycles. The Bertz CT molecular complexity index is 446. The number of rotatable bonds is 5. The molecule has 1 aliphatic rings. The van der Waals surface area contributed by atoms with Crippen LogP contribution in [0.25, 0.3) is 0 Å². The van der Waals surface area contributed by atoms with Gasteiger partial charge in [-0.1, -0.05) is 13.8 Å². The number of aromatic nitrogens is 1. The van der Waals surface area contributed by atoms with Crippen molar-refractivity contribution >= 4 is 74.7 Å². The molecule has 0 saturated carbocycles. The van der Waals surface area contributed by atoms with Crippen LogP contribution < -0.4 is 9.64 Å². The molecule has 6 heteroatoms. The van der Waals surface area contributed by atoms with Crippen LogP contribution >= 0.6 is 0 Å². The van der Waals surface area contributed by atoms with Crippen molar-refractivity contribution < 1.29 is 14.2 Å². The van der Waals surface area contributed by atoms with Gasteiger partial charge in [0.2, 0.25) is 5.88 Å². The van der Waals surface area contributed by atoms with Crippen molar-refractivity contribution in [1.82, 2.24) is 4.98 Å². The predicted octanol–water partition coefficient (Wildman–Crippen LogP) is 2.67. The van der Waals surface area contributed by atoms with E-state index in [1.165, 1.54) is 0 Å². The summed E-state index contributed by atoms with van der Waals surface area (Å²) in [4.78, 5) is 6.83. The molecular formula is C17H30CsN2O3. The summed E-state index contributed by atoms with van der Waals surface area (Å²) in [6, 6.07) is 4.04. The minimum atomic E-state index is 0. The van der Waals surface area contributed by atoms with E-state index < -0.39 is 0 Å². The van der Waals surface area contributed by atoms with Gasteiger partial charge < -0.3 is 19.1 Å². The fraction of sp³-hybridized carbons (Fsp3) is 0.706. The van der Waals surface area contributed by atoms with Gasteiger partial charge in [-0.15, -0.1) is 0 Å². The summed E-state index contributed by atoms with van der Waals surface area (Å²) in [5.74, 6) is 1.61. The molecule has 23 heavy (non-hydrogen) atoms. The van der Waals surface area contributed by atoms with Crippen molar-refractivity contribution in [3.05, 3.63) is 17.7 Å². The summed E-state index contributed by atoms with van der Waals surface area (Å²) in [7, 11) is 1.68. The molecule has 1 saturated heterocycles. The van der Waals surface area contributed by atoms with Crippen LogP contribution in [-0.2, 0) is 9.47 Å². The summed E-state index contributed by atoms with van der Waals surface area (Å²) < 4.78 is 16.5. The van der Waals surface area contributed by atoms with Gasteiger partial charge >= 0.3 is 0 Å². The first kappa shape index (κ1) is 23.7. The molecule has 0 unspecified atom stereocenters. The van der Waals surface area contributed by atoms with Crippen molar-refractivity contribution in [1.29, 1.82) is 0 Å². The van der Waals surface area contributed by atoms with Gasteiger partial charge in [0.25, 0.3) is 0 Å². The summed E-state index contributed by atoms with van der Waals surface area (Å²) in [6.45, 7) is 13.1. The number of nitrogens with zero attached hydrogens (tertiary/aromatic N) is 2. The van der Waals surface area contributed by atoms with Crippen LogP contribution in [0.1, 0.15) is 33.3 Å². The zero-order valence-electron chi connectivity index (χ0n) is 15.8. The Morgan fingerprint density at radius 1 is 1.39 bits per heavy atom. The molecule has 5 nitrogen and oxygen atoms in total. The molecule has 0 amide bonds. The van der Waals surface area contributed by atoms with Crippen LogP contribution in [0.5, 0.6) is 5.88 Å². The van der Waals surface area contributed by atoms with Gasteiger partial charge in [-0.2, -0.15) is 4.98 Å². The number of morpholine rings is 1. The van der Waals surface area contributed by atoms with Gasteiger partial charge in [0.15, 0.2) is 0 Å². The van der Waals surface area contributed by atoms with Gasteiger partial charge in [0.1, 0.15) is 12.4 Å². The fourth-order valence-electron chi connectivity index (χ4n) is 2.15. The van der Waals surface area contributed by atoms with Crippen LogP contribution in [0.3, 0.4) is 0 Å². The Kier molecular flexibility index (Phi) is 13.4. The Balaban J connectivity index is 0.00000155. The number of pyridine rings is 1. The zero-order valence-corrected chi connectivity index (χ0v) is 22.0. The standard InChI is InChI=1S/C15H24N2O3.C2H6.Cs/c1-11-7-14(17-5-6-19-12(2)9-17)16-15(8-11)20-10-13(3)18-4;1-2;/h7-8,12-13H,5-6,9-10H2,1-4H3;1-2H3;/t12-,13+;;/m0../s1. The van der Waals surface area contributed by atoms with E-state index in [9.17, 15) is 0 Å². The van der Waals surface area contributed by atoms with Crippen LogP contribution in [0.15, 0.2) is 12.1 Å². The smallest absolute Gasteiger partial charge is 0.215 e. The first-order chi connectivity index (χ1) is 10.6. The molecule has 1 radical (unpaired) electrons. The second-order valence-corrected chi connectivity index (χ2v) is 5.33. The number of hydrogen-bond acceptors (Lipinski definition) is 5. The maximum Gasteiger partial charge on any atom is 0.215 e. The van der Waals surface area contributed by atoms with Gasteiger partial charge in [0.05, 0.1) is 18.8 Å². The zero-order chi connectivity index (χ0) is 16.5. The molecular weight excluding hydrogens is 413 g/mol. The topological polar surface area (TPSA) is 43.8 Å². The van der Waals surface area contributed by atoms with Gasteiger partial charge in [-0.25, -0.2) is 0 Å². The molecule has 127 valence electrons. The van der Waals surface area contributed by atoms with Crippen LogP contribution in [-0.4, -0.2) is 119 Å². The third kappa shape index (κ3) is 8.58. The monoisotopic (exact) mass is 443 g/mol. The van der Waals surface area contributed by atoms with Crippen LogP contribution in [0.2, 0.25) is 0 Å². The molecule has 0 spiro atoms. The maximum atomic E-state index is 5.70. The summed E-state index contributed by atoms with van der Waals surface area (Å²) in [5.41, 5.74) is 1.15. The molecule has 1 fully saturated rings. The first-order valence-corrected chi connectivity index (χ1v) is 8.09. The molecule has 0 aliphatic carbocycles. The second-order valence-electron chi connectivity index (χ2n) is 5.33. The number of ether oxygens (including phenoxy) is 3. The number of aryl methyl sites for hydroxylation is 1. The average molecular weight is 443 g/mol. The van der Waals surface area contributed by atoms with Crippen molar-refractivity contribution in [2.75, 3.05) is 38.3 Å². The average Bonchev–Trinajstić information content (AvgIpc) is 2.54. The SMILES string of the molecule is CC.CO[C@H](C)COc1cc(C)cc(N2CCO[C@@H](C)C2)n1.[Cs]. The second kappa shape index (κ2) is 13.0. The molecule has 2 atom stereocenters. The third-order valence-corrected chi connectivity index (χ3v) is 3.37. The Hall–Kier alpha value is 0.722. The van der Waals surface area contributed by atoms with Gasteiger partial charge in [-0.05, 0) is 32.4 Å². The molecule has 0 aromatic carbocycles. The Labute approximate surface area is 199 Å².